The molecular weight excluding hydrogens is 282 g/mol. The van der Waals surface area contributed by atoms with Gasteiger partial charge in [-0.25, -0.2) is 8.78 Å². The van der Waals surface area contributed by atoms with Gasteiger partial charge in [-0.3, -0.25) is 9.59 Å². The molecule has 0 bridgehead atoms. The van der Waals surface area contributed by atoms with E-state index in [9.17, 15) is 18.4 Å². The molecule has 0 saturated heterocycles. The van der Waals surface area contributed by atoms with Crippen molar-refractivity contribution in [1.82, 2.24) is 10.6 Å². The van der Waals surface area contributed by atoms with Crippen molar-refractivity contribution in [3.05, 3.63) is 35.4 Å². The summed E-state index contributed by atoms with van der Waals surface area (Å²) in [5.41, 5.74) is -0.268. The zero-order valence-electron chi connectivity index (χ0n) is 11.3. The van der Waals surface area contributed by atoms with Gasteiger partial charge in [-0.15, -0.1) is 0 Å². The second-order valence-electron chi connectivity index (χ2n) is 5.25. The van der Waals surface area contributed by atoms with Crippen LogP contribution in [-0.2, 0) is 4.79 Å². The molecule has 2 rings (SSSR count). The van der Waals surface area contributed by atoms with Crippen molar-refractivity contribution in [3.8, 4) is 0 Å². The lowest BCUT2D eigenvalue weighted by atomic mass is 10.1. The quantitative estimate of drug-likeness (QED) is 0.719. The lowest BCUT2D eigenvalue weighted by molar-refractivity contribution is -0.120. The molecule has 7 heteroatoms. The van der Waals surface area contributed by atoms with E-state index in [2.05, 4.69) is 10.6 Å². The fourth-order valence-electron chi connectivity index (χ4n) is 1.82. The summed E-state index contributed by atoms with van der Waals surface area (Å²) in [6.45, 7) is 0.122. The molecular formula is C14H16F2N2O3. The molecule has 1 fully saturated rings. The highest BCUT2D eigenvalue weighted by molar-refractivity contribution is 5.96. The van der Waals surface area contributed by atoms with Crippen LogP contribution in [0.25, 0.3) is 0 Å². The second-order valence-corrected chi connectivity index (χ2v) is 5.25. The van der Waals surface area contributed by atoms with Crippen molar-refractivity contribution in [2.75, 3.05) is 19.7 Å². The molecule has 0 aromatic heterocycles. The summed E-state index contributed by atoms with van der Waals surface area (Å²) in [6.07, 6.45) is 1.73. The first-order valence-electron chi connectivity index (χ1n) is 6.57. The van der Waals surface area contributed by atoms with Crippen molar-refractivity contribution in [2.45, 2.75) is 12.8 Å². The van der Waals surface area contributed by atoms with Gasteiger partial charge in [0, 0.05) is 17.5 Å². The Hall–Kier alpha value is -2.02. The van der Waals surface area contributed by atoms with Crippen LogP contribution in [0.5, 0.6) is 0 Å². The van der Waals surface area contributed by atoms with Crippen LogP contribution < -0.4 is 10.6 Å². The Bertz CT molecular complexity index is 559. The number of halogens is 2. The van der Waals surface area contributed by atoms with E-state index in [-0.39, 0.29) is 24.1 Å². The van der Waals surface area contributed by atoms with Gasteiger partial charge >= 0.3 is 0 Å². The minimum Gasteiger partial charge on any atom is -0.396 e. The summed E-state index contributed by atoms with van der Waals surface area (Å²) in [5, 5.41) is 14.0. The van der Waals surface area contributed by atoms with Gasteiger partial charge in [0.05, 0.1) is 13.2 Å². The molecule has 0 atom stereocenters. The number of hydrogen-bond acceptors (Lipinski definition) is 3. The number of carbonyl (C=O) groups is 2. The number of nitrogens with one attached hydrogen (secondary N) is 2. The number of amides is 2. The van der Waals surface area contributed by atoms with E-state index in [0.29, 0.717) is 6.54 Å². The zero-order valence-corrected chi connectivity index (χ0v) is 11.3. The van der Waals surface area contributed by atoms with Gasteiger partial charge in [-0.1, -0.05) is 0 Å². The average Bonchev–Trinajstić information content (AvgIpc) is 3.26. The molecule has 1 aromatic carbocycles. The van der Waals surface area contributed by atoms with Crippen LogP contribution in [0.3, 0.4) is 0 Å². The van der Waals surface area contributed by atoms with Crippen LogP contribution >= 0.6 is 0 Å². The maximum atomic E-state index is 13.0. The van der Waals surface area contributed by atoms with Crippen LogP contribution in [0.2, 0.25) is 0 Å². The Morgan fingerprint density at radius 1 is 1.19 bits per heavy atom. The molecule has 114 valence electrons. The normalized spacial score (nSPS) is 15.4. The SMILES string of the molecule is O=C(CNC(=O)c1ccc(F)c(F)c1)NCC1(CO)CC1. The molecule has 0 unspecified atom stereocenters. The highest BCUT2D eigenvalue weighted by Gasteiger charge is 2.41. The van der Waals surface area contributed by atoms with Crippen molar-refractivity contribution in [2.24, 2.45) is 5.41 Å². The third-order valence-corrected chi connectivity index (χ3v) is 3.54. The van der Waals surface area contributed by atoms with E-state index in [0.717, 1.165) is 31.0 Å². The summed E-state index contributed by atoms with van der Waals surface area (Å²) in [5.74, 6) is -3.22. The first-order valence-corrected chi connectivity index (χ1v) is 6.57. The third kappa shape index (κ3) is 3.98. The first kappa shape index (κ1) is 15.4. The Morgan fingerprint density at radius 2 is 1.90 bits per heavy atom. The molecule has 0 radical (unpaired) electrons. The van der Waals surface area contributed by atoms with Gasteiger partial charge in [0.2, 0.25) is 5.91 Å². The Labute approximate surface area is 120 Å². The van der Waals surface area contributed by atoms with Gasteiger partial charge in [-0.2, -0.15) is 0 Å². The fourth-order valence-corrected chi connectivity index (χ4v) is 1.82. The fraction of sp³-hybridized carbons (Fsp3) is 0.429. The Balaban J connectivity index is 1.78. The number of aliphatic hydroxyl groups is 1. The molecule has 1 saturated carbocycles. The zero-order chi connectivity index (χ0) is 15.5. The summed E-state index contributed by atoms with van der Waals surface area (Å²) in [7, 11) is 0. The van der Waals surface area contributed by atoms with Crippen molar-refractivity contribution in [3.63, 3.8) is 0 Å². The largest absolute Gasteiger partial charge is 0.396 e. The van der Waals surface area contributed by atoms with Gasteiger partial charge in [-0.05, 0) is 31.0 Å². The Kier molecular flexibility index (Phi) is 4.52. The summed E-state index contributed by atoms with van der Waals surface area (Å²) < 4.78 is 25.7. The number of aliphatic hydroxyl groups excluding tert-OH is 1. The van der Waals surface area contributed by atoms with E-state index in [4.69, 9.17) is 5.11 Å². The predicted octanol–water partition coefficient (Wildman–Crippen LogP) is 0.583. The summed E-state index contributed by atoms with van der Waals surface area (Å²) >= 11 is 0. The first-order chi connectivity index (χ1) is 9.96. The lowest BCUT2D eigenvalue weighted by Crippen LogP contribution is -2.39. The standard InChI is InChI=1S/C14H16F2N2O3/c15-10-2-1-9(5-11(10)16)13(21)17-6-12(20)18-7-14(8-19)3-4-14/h1-2,5,19H,3-4,6-8H2,(H,17,21)(H,18,20). The molecule has 2 amide bonds. The summed E-state index contributed by atoms with van der Waals surface area (Å²) in [4.78, 5) is 23.2. The van der Waals surface area contributed by atoms with E-state index in [1.165, 1.54) is 0 Å². The molecule has 3 N–H and O–H groups in total. The molecule has 1 aromatic rings. The molecule has 0 heterocycles. The van der Waals surface area contributed by atoms with E-state index >= 15 is 0 Å². The van der Waals surface area contributed by atoms with Crippen LogP contribution in [0.4, 0.5) is 8.78 Å². The maximum Gasteiger partial charge on any atom is 0.251 e. The van der Waals surface area contributed by atoms with Crippen molar-refractivity contribution >= 4 is 11.8 Å². The predicted molar refractivity (Wildman–Crippen MR) is 70.5 cm³/mol. The lowest BCUT2D eigenvalue weighted by Gasteiger charge is -2.13. The monoisotopic (exact) mass is 298 g/mol. The Morgan fingerprint density at radius 3 is 2.48 bits per heavy atom. The average molecular weight is 298 g/mol. The highest BCUT2D eigenvalue weighted by Crippen LogP contribution is 2.44. The molecule has 0 spiro atoms. The van der Waals surface area contributed by atoms with Crippen LogP contribution in [0.1, 0.15) is 23.2 Å². The van der Waals surface area contributed by atoms with Crippen molar-refractivity contribution < 1.29 is 23.5 Å². The van der Waals surface area contributed by atoms with Gasteiger partial charge in [0.25, 0.3) is 5.91 Å². The number of hydrogen-bond donors (Lipinski definition) is 3. The molecule has 21 heavy (non-hydrogen) atoms. The van der Waals surface area contributed by atoms with Gasteiger partial charge in [0.1, 0.15) is 0 Å². The number of benzene rings is 1. The van der Waals surface area contributed by atoms with Gasteiger partial charge < -0.3 is 15.7 Å². The van der Waals surface area contributed by atoms with E-state index in [1.54, 1.807) is 0 Å². The topological polar surface area (TPSA) is 78.4 Å². The second kappa shape index (κ2) is 6.17. The van der Waals surface area contributed by atoms with Crippen LogP contribution in [-0.4, -0.2) is 36.6 Å². The highest BCUT2D eigenvalue weighted by atomic mass is 19.2. The smallest absolute Gasteiger partial charge is 0.251 e. The minimum absolute atomic E-state index is 0.0223. The maximum absolute atomic E-state index is 13.0. The minimum atomic E-state index is -1.12. The van der Waals surface area contributed by atoms with E-state index in [1.807, 2.05) is 0 Å². The third-order valence-electron chi connectivity index (χ3n) is 3.54. The molecule has 1 aliphatic rings. The van der Waals surface area contributed by atoms with Crippen molar-refractivity contribution in [1.29, 1.82) is 0 Å². The molecule has 0 aliphatic heterocycles. The van der Waals surface area contributed by atoms with E-state index < -0.39 is 23.4 Å². The van der Waals surface area contributed by atoms with Crippen LogP contribution in [0.15, 0.2) is 18.2 Å². The van der Waals surface area contributed by atoms with Gasteiger partial charge in [0.15, 0.2) is 11.6 Å². The molecule has 5 nitrogen and oxygen atoms in total. The van der Waals surface area contributed by atoms with Crippen LogP contribution in [0, 0.1) is 17.0 Å². The molecule has 1 aliphatic carbocycles. The summed E-state index contributed by atoms with van der Waals surface area (Å²) in [6, 6.07) is 2.76. The number of rotatable bonds is 6. The number of carbonyl (C=O) groups excluding carboxylic acids is 2.